The summed E-state index contributed by atoms with van der Waals surface area (Å²) in [5, 5.41) is 20.2. The van der Waals surface area contributed by atoms with Gasteiger partial charge >= 0.3 is 11.9 Å². The average molecular weight is 800 g/mol. The van der Waals surface area contributed by atoms with Crippen LogP contribution in [0, 0.1) is 11.8 Å². The fourth-order valence-corrected chi connectivity index (χ4v) is 8.19. The highest BCUT2D eigenvalue weighted by atomic mass is 32.2. The van der Waals surface area contributed by atoms with Gasteiger partial charge in [-0.05, 0) is 64.5 Å². The molecule has 3 unspecified atom stereocenters. The topological polar surface area (TPSA) is 96.3 Å². The smallest absolute Gasteiger partial charge is 0.308 e. The van der Waals surface area contributed by atoms with E-state index in [1.54, 1.807) is 11.8 Å². The fourth-order valence-electron chi connectivity index (χ4n) is 7.45. The molecule has 0 saturated heterocycles. The minimum Gasteiger partial charge on any atom is -0.465 e. The summed E-state index contributed by atoms with van der Waals surface area (Å²) in [6, 6.07) is 0. The molecule has 55 heavy (non-hydrogen) atoms. The van der Waals surface area contributed by atoms with Crippen LogP contribution in [0.4, 0.5) is 0 Å². The molecule has 0 spiro atoms. The Morgan fingerprint density at radius 3 is 1.36 bits per heavy atom. The van der Waals surface area contributed by atoms with Gasteiger partial charge < -0.3 is 24.6 Å². The molecule has 0 aliphatic carbocycles. The lowest BCUT2D eigenvalue weighted by Crippen LogP contribution is -2.35. The van der Waals surface area contributed by atoms with Gasteiger partial charge in [0.25, 0.3) is 0 Å². The summed E-state index contributed by atoms with van der Waals surface area (Å²) in [4.78, 5) is 28.3. The Morgan fingerprint density at radius 1 is 0.509 bits per heavy atom. The zero-order valence-electron chi connectivity index (χ0n) is 37.0. The zero-order chi connectivity index (χ0) is 40.5. The number of aliphatic hydroxyl groups is 2. The second kappa shape index (κ2) is 42.8. The molecule has 2 N–H and O–H groups in total. The van der Waals surface area contributed by atoms with Crippen molar-refractivity contribution in [2.45, 2.75) is 226 Å². The Hall–Kier alpha value is -0.830. The predicted molar refractivity (Wildman–Crippen MR) is 237 cm³/mol. The van der Waals surface area contributed by atoms with Crippen molar-refractivity contribution in [2.24, 2.45) is 11.8 Å². The molecule has 0 saturated carbocycles. The Kier molecular flexibility index (Phi) is 42.1. The van der Waals surface area contributed by atoms with Gasteiger partial charge in [0.05, 0.1) is 24.5 Å². The number of hydrogen-bond acceptors (Lipinski definition) is 8. The maximum Gasteiger partial charge on any atom is 0.308 e. The van der Waals surface area contributed by atoms with Crippen molar-refractivity contribution in [3.63, 3.8) is 0 Å². The van der Waals surface area contributed by atoms with Crippen LogP contribution in [0.25, 0.3) is 0 Å². The van der Waals surface area contributed by atoms with Crippen LogP contribution < -0.4 is 0 Å². The van der Waals surface area contributed by atoms with E-state index in [0.29, 0.717) is 31.3 Å². The quantitative estimate of drug-likeness (QED) is 0.0465. The second-order valence-electron chi connectivity index (χ2n) is 16.4. The van der Waals surface area contributed by atoms with Crippen LogP contribution in [0.3, 0.4) is 0 Å². The maximum absolute atomic E-state index is 13.0. The number of carbonyl (C=O) groups excluding carboxylic acids is 2. The standard InChI is InChI=1S/C47H93NO6S/c1-5-9-13-17-19-25-33-43(31-23-15-11-7-3)46(51)53-38-30-22-21-27-35-48(36-28-29-37-49)41-45(50)42-55-40-39-54-47(52)44(32-24-16-12-8-4)34-26-20-18-14-10-6-2/h43-45,49-50H,5-42H2,1-4H3. The molecule has 0 bridgehead atoms. The number of aliphatic hydroxyl groups excluding tert-OH is 2. The highest BCUT2D eigenvalue weighted by Crippen LogP contribution is 2.22. The first-order valence-corrected chi connectivity index (χ1v) is 25.0. The van der Waals surface area contributed by atoms with E-state index in [0.717, 1.165) is 103 Å². The molecule has 8 heteroatoms. The van der Waals surface area contributed by atoms with Crippen LogP contribution in [0.2, 0.25) is 0 Å². The molecule has 0 heterocycles. The maximum atomic E-state index is 13.0. The summed E-state index contributed by atoms with van der Waals surface area (Å²) in [7, 11) is 0. The summed E-state index contributed by atoms with van der Waals surface area (Å²) in [5.41, 5.74) is 0. The number of rotatable bonds is 44. The summed E-state index contributed by atoms with van der Waals surface area (Å²) in [6.45, 7) is 12.5. The lowest BCUT2D eigenvalue weighted by molar-refractivity contribution is -0.149. The first-order chi connectivity index (χ1) is 26.9. The second-order valence-corrected chi connectivity index (χ2v) is 17.6. The normalized spacial score (nSPS) is 13.3. The van der Waals surface area contributed by atoms with Crippen LogP contribution in [-0.4, -0.2) is 84.1 Å². The van der Waals surface area contributed by atoms with Gasteiger partial charge in [0.2, 0.25) is 0 Å². The van der Waals surface area contributed by atoms with Crippen molar-refractivity contribution in [2.75, 3.05) is 51.0 Å². The largest absolute Gasteiger partial charge is 0.465 e. The minimum absolute atomic E-state index is 0.0232. The van der Waals surface area contributed by atoms with E-state index < -0.39 is 6.10 Å². The third-order valence-electron chi connectivity index (χ3n) is 11.0. The molecule has 0 aromatic heterocycles. The molecule has 0 fully saturated rings. The molecule has 0 radical (unpaired) electrons. The number of ether oxygens (including phenoxy) is 2. The van der Waals surface area contributed by atoms with E-state index in [2.05, 4.69) is 32.6 Å². The van der Waals surface area contributed by atoms with E-state index >= 15 is 0 Å². The highest BCUT2D eigenvalue weighted by molar-refractivity contribution is 7.99. The molecular formula is C47H93NO6S. The lowest BCUT2D eigenvalue weighted by Gasteiger charge is -2.25. The molecule has 0 aromatic rings. The minimum atomic E-state index is -0.445. The summed E-state index contributed by atoms with van der Waals surface area (Å²) in [6.07, 6.45) is 33.6. The molecule has 328 valence electrons. The molecule has 3 atom stereocenters. The van der Waals surface area contributed by atoms with Crippen molar-refractivity contribution >= 4 is 23.7 Å². The Labute approximate surface area is 346 Å². The van der Waals surface area contributed by atoms with Crippen LogP contribution in [0.5, 0.6) is 0 Å². The molecule has 0 aliphatic heterocycles. The van der Waals surface area contributed by atoms with Crippen LogP contribution in [0.15, 0.2) is 0 Å². The average Bonchev–Trinajstić information content (AvgIpc) is 3.18. The van der Waals surface area contributed by atoms with Crippen molar-refractivity contribution < 1.29 is 29.3 Å². The van der Waals surface area contributed by atoms with Gasteiger partial charge in [-0.1, -0.05) is 169 Å². The van der Waals surface area contributed by atoms with Gasteiger partial charge in [-0.3, -0.25) is 9.59 Å². The molecule has 0 aromatic carbocycles. The number of unbranched alkanes of at least 4 members (excludes halogenated alkanes) is 20. The van der Waals surface area contributed by atoms with Crippen molar-refractivity contribution in [3.05, 3.63) is 0 Å². The predicted octanol–water partition coefficient (Wildman–Crippen LogP) is 12.5. The van der Waals surface area contributed by atoms with Gasteiger partial charge in [0, 0.05) is 24.7 Å². The summed E-state index contributed by atoms with van der Waals surface area (Å²) >= 11 is 1.66. The number of thioether (sulfide) groups is 1. The molecule has 0 aliphatic rings. The third kappa shape index (κ3) is 36.0. The third-order valence-corrected chi connectivity index (χ3v) is 12.1. The highest BCUT2D eigenvalue weighted by Gasteiger charge is 2.21. The summed E-state index contributed by atoms with van der Waals surface area (Å²) in [5.74, 6) is 1.41. The molecule has 7 nitrogen and oxygen atoms in total. The number of esters is 2. The van der Waals surface area contributed by atoms with Gasteiger partial charge in [-0.2, -0.15) is 11.8 Å². The van der Waals surface area contributed by atoms with Crippen molar-refractivity contribution in [1.29, 1.82) is 0 Å². The monoisotopic (exact) mass is 800 g/mol. The van der Waals surface area contributed by atoms with Gasteiger partial charge in [-0.25, -0.2) is 0 Å². The van der Waals surface area contributed by atoms with Gasteiger partial charge in [0.15, 0.2) is 0 Å². The van der Waals surface area contributed by atoms with E-state index in [4.69, 9.17) is 9.47 Å². The van der Waals surface area contributed by atoms with Gasteiger partial charge in [0.1, 0.15) is 6.61 Å². The Morgan fingerprint density at radius 2 is 0.891 bits per heavy atom. The number of nitrogens with zero attached hydrogens (tertiary/aromatic N) is 1. The van der Waals surface area contributed by atoms with Crippen molar-refractivity contribution in [1.82, 2.24) is 4.90 Å². The van der Waals surface area contributed by atoms with E-state index in [9.17, 15) is 19.8 Å². The first kappa shape index (κ1) is 54.2. The first-order valence-electron chi connectivity index (χ1n) is 23.8. The van der Waals surface area contributed by atoms with E-state index in [-0.39, 0.29) is 30.4 Å². The number of hydrogen-bond donors (Lipinski definition) is 2. The van der Waals surface area contributed by atoms with Crippen LogP contribution in [-0.2, 0) is 19.1 Å². The fraction of sp³-hybridized carbons (Fsp3) is 0.957. The molecule has 0 rings (SSSR count). The Bertz CT molecular complexity index is 816. The number of carbonyl (C=O) groups is 2. The van der Waals surface area contributed by atoms with Crippen molar-refractivity contribution in [3.8, 4) is 0 Å². The van der Waals surface area contributed by atoms with E-state index in [1.165, 1.54) is 103 Å². The summed E-state index contributed by atoms with van der Waals surface area (Å²) < 4.78 is 11.6. The molecule has 0 amide bonds. The molecular weight excluding hydrogens is 707 g/mol. The van der Waals surface area contributed by atoms with Crippen LogP contribution >= 0.6 is 11.8 Å². The lowest BCUT2D eigenvalue weighted by atomic mass is 9.94. The van der Waals surface area contributed by atoms with E-state index in [1.807, 2.05) is 0 Å². The Balaban J connectivity index is 4.48. The SMILES string of the molecule is CCCCCCCCC(CCCCCC)C(=O)OCCCCCCN(CCCCO)CC(O)CSCCOC(=O)C(CCCCCC)CCCCCCCC. The zero-order valence-corrected chi connectivity index (χ0v) is 37.8. The van der Waals surface area contributed by atoms with Crippen LogP contribution in [0.1, 0.15) is 220 Å². The van der Waals surface area contributed by atoms with Gasteiger partial charge in [-0.15, -0.1) is 0 Å².